The van der Waals surface area contributed by atoms with Crippen LogP contribution in [0, 0.1) is 12.3 Å². The summed E-state index contributed by atoms with van der Waals surface area (Å²) in [6.45, 7) is 5.90. The van der Waals surface area contributed by atoms with E-state index >= 15 is 0 Å². The van der Waals surface area contributed by atoms with E-state index in [0.29, 0.717) is 0 Å². The molecule has 1 aromatic rings. The summed E-state index contributed by atoms with van der Waals surface area (Å²) in [6, 6.07) is 1.93. The highest BCUT2D eigenvalue weighted by molar-refractivity contribution is 6.00. The normalized spacial score (nSPS) is 19.4. The molecule has 0 unspecified atom stereocenters. The van der Waals surface area contributed by atoms with E-state index in [2.05, 4.69) is 17.2 Å². The van der Waals surface area contributed by atoms with Crippen LogP contribution in [0.25, 0.3) is 0 Å². The molecule has 16 heavy (non-hydrogen) atoms. The average Bonchev–Trinajstić information content (AvgIpc) is 2.29. The zero-order valence-corrected chi connectivity index (χ0v) is 9.92. The minimum atomic E-state index is -0.208. The molecule has 0 aliphatic carbocycles. The van der Waals surface area contributed by atoms with Gasteiger partial charge in [0.2, 0.25) is 0 Å². The van der Waals surface area contributed by atoms with Crippen molar-refractivity contribution in [3.63, 3.8) is 0 Å². The topological polar surface area (TPSA) is 42.0 Å². The zero-order chi connectivity index (χ0) is 11.6. The Bertz CT molecular complexity index is 395. The Labute approximate surface area is 96.3 Å². The smallest absolute Gasteiger partial charge is 0.170 e. The van der Waals surface area contributed by atoms with Gasteiger partial charge in [-0.05, 0) is 44.5 Å². The molecule has 0 radical (unpaired) electrons. The lowest BCUT2D eigenvalue weighted by Crippen LogP contribution is -2.40. The molecule has 0 aromatic carbocycles. The lowest BCUT2D eigenvalue weighted by atomic mass is 9.75. The third-order valence-corrected chi connectivity index (χ3v) is 3.39. The van der Waals surface area contributed by atoms with Crippen molar-refractivity contribution >= 4 is 5.78 Å². The van der Waals surface area contributed by atoms with Crippen LogP contribution in [0.3, 0.4) is 0 Å². The van der Waals surface area contributed by atoms with Crippen LogP contribution in [0.15, 0.2) is 18.5 Å². The van der Waals surface area contributed by atoms with Crippen LogP contribution >= 0.6 is 0 Å². The molecule has 86 valence electrons. The molecule has 1 N–H and O–H groups in total. The van der Waals surface area contributed by atoms with E-state index in [9.17, 15) is 4.79 Å². The molecule has 0 bridgehead atoms. The molecule has 1 fully saturated rings. The molecular formula is C13H18N2O. The summed E-state index contributed by atoms with van der Waals surface area (Å²) in [5, 5.41) is 3.29. The number of Topliss-reactive ketones (excluding diaryl/α,β-unsaturated/α-hetero) is 1. The third-order valence-electron chi connectivity index (χ3n) is 3.39. The lowest BCUT2D eigenvalue weighted by molar-refractivity contribution is 0.0762. The summed E-state index contributed by atoms with van der Waals surface area (Å²) >= 11 is 0. The van der Waals surface area contributed by atoms with Gasteiger partial charge in [-0.25, -0.2) is 0 Å². The minimum Gasteiger partial charge on any atom is -0.317 e. The van der Waals surface area contributed by atoms with Crippen LogP contribution in [-0.4, -0.2) is 23.9 Å². The van der Waals surface area contributed by atoms with Gasteiger partial charge in [-0.3, -0.25) is 9.78 Å². The van der Waals surface area contributed by atoms with Gasteiger partial charge >= 0.3 is 0 Å². The number of nitrogens with zero attached hydrogens (tertiary/aromatic N) is 1. The number of pyridine rings is 1. The molecule has 1 aliphatic rings. The van der Waals surface area contributed by atoms with Crippen molar-refractivity contribution in [1.82, 2.24) is 10.3 Å². The summed E-state index contributed by atoms with van der Waals surface area (Å²) in [5.74, 6) is 0.241. The number of ketones is 1. The van der Waals surface area contributed by atoms with Gasteiger partial charge < -0.3 is 5.32 Å². The van der Waals surface area contributed by atoms with Crippen molar-refractivity contribution in [2.24, 2.45) is 5.41 Å². The maximum absolute atomic E-state index is 12.4. The van der Waals surface area contributed by atoms with E-state index in [1.165, 1.54) is 0 Å². The quantitative estimate of drug-likeness (QED) is 0.772. The van der Waals surface area contributed by atoms with E-state index in [-0.39, 0.29) is 11.2 Å². The van der Waals surface area contributed by atoms with Crippen LogP contribution in [0.5, 0.6) is 0 Å². The summed E-state index contributed by atoms with van der Waals surface area (Å²) in [4.78, 5) is 16.5. The third kappa shape index (κ3) is 2.14. The Hall–Kier alpha value is -1.22. The molecule has 2 heterocycles. The maximum Gasteiger partial charge on any atom is 0.170 e. The molecule has 0 atom stereocenters. The van der Waals surface area contributed by atoms with E-state index in [0.717, 1.165) is 37.1 Å². The number of hydrogen-bond acceptors (Lipinski definition) is 3. The van der Waals surface area contributed by atoms with Gasteiger partial charge in [-0.15, -0.1) is 0 Å². The fourth-order valence-electron chi connectivity index (χ4n) is 2.23. The Kier molecular flexibility index (Phi) is 3.06. The number of carbonyl (C=O) groups is 1. The molecule has 3 heteroatoms. The second kappa shape index (κ2) is 4.34. The fraction of sp³-hybridized carbons (Fsp3) is 0.538. The molecular weight excluding hydrogens is 200 g/mol. The van der Waals surface area contributed by atoms with Crippen molar-refractivity contribution in [2.75, 3.05) is 13.1 Å². The Morgan fingerprint density at radius 3 is 2.69 bits per heavy atom. The number of nitrogens with one attached hydrogen (secondary N) is 1. The van der Waals surface area contributed by atoms with Crippen molar-refractivity contribution in [2.45, 2.75) is 26.7 Å². The Morgan fingerprint density at radius 2 is 2.06 bits per heavy atom. The summed E-state index contributed by atoms with van der Waals surface area (Å²) in [5.41, 5.74) is 1.59. The van der Waals surface area contributed by atoms with Gasteiger partial charge in [0.05, 0.1) is 0 Å². The van der Waals surface area contributed by atoms with Gasteiger partial charge in [0.1, 0.15) is 0 Å². The molecule has 1 saturated heterocycles. The van der Waals surface area contributed by atoms with Gasteiger partial charge in [-0.1, -0.05) is 6.92 Å². The predicted octanol–water partition coefficient (Wildman–Crippen LogP) is 1.96. The fourth-order valence-corrected chi connectivity index (χ4v) is 2.23. The molecule has 0 spiro atoms. The van der Waals surface area contributed by atoms with Crippen molar-refractivity contribution < 1.29 is 4.79 Å². The first-order valence-electron chi connectivity index (χ1n) is 5.79. The summed E-state index contributed by atoms with van der Waals surface area (Å²) < 4.78 is 0. The molecule has 2 rings (SSSR count). The largest absolute Gasteiger partial charge is 0.317 e. The molecule has 1 aliphatic heterocycles. The van der Waals surface area contributed by atoms with Crippen LogP contribution in [0.4, 0.5) is 0 Å². The van der Waals surface area contributed by atoms with E-state index in [4.69, 9.17) is 0 Å². The second-order valence-corrected chi connectivity index (χ2v) is 4.89. The van der Waals surface area contributed by atoms with Gasteiger partial charge in [0, 0.05) is 23.4 Å². The first-order valence-corrected chi connectivity index (χ1v) is 5.79. The van der Waals surface area contributed by atoms with Crippen molar-refractivity contribution in [1.29, 1.82) is 0 Å². The first kappa shape index (κ1) is 11.3. The van der Waals surface area contributed by atoms with Gasteiger partial charge in [0.15, 0.2) is 5.78 Å². The van der Waals surface area contributed by atoms with Gasteiger partial charge in [-0.2, -0.15) is 0 Å². The SMILES string of the molecule is Cc1cncc(C(=O)C2(C)CCNCC2)c1. The summed E-state index contributed by atoms with van der Waals surface area (Å²) in [7, 11) is 0. The minimum absolute atomic E-state index is 0.208. The standard InChI is InChI=1S/C13H18N2O/c1-10-7-11(9-15-8-10)12(16)13(2)3-5-14-6-4-13/h7-9,14H,3-6H2,1-2H3. The van der Waals surface area contributed by atoms with Crippen LogP contribution in [0.2, 0.25) is 0 Å². The molecule has 3 nitrogen and oxygen atoms in total. The number of piperidine rings is 1. The van der Waals surface area contributed by atoms with Crippen LogP contribution in [-0.2, 0) is 0 Å². The van der Waals surface area contributed by atoms with E-state index in [1.807, 2.05) is 13.0 Å². The number of aromatic nitrogens is 1. The summed E-state index contributed by atoms with van der Waals surface area (Å²) in [6.07, 6.45) is 5.30. The van der Waals surface area contributed by atoms with E-state index < -0.39 is 0 Å². The molecule has 0 amide bonds. The number of aryl methyl sites for hydroxylation is 1. The molecule has 1 aromatic heterocycles. The molecule has 0 saturated carbocycles. The van der Waals surface area contributed by atoms with Gasteiger partial charge in [0.25, 0.3) is 0 Å². The Balaban J connectivity index is 2.24. The first-order chi connectivity index (χ1) is 7.62. The Morgan fingerprint density at radius 1 is 1.38 bits per heavy atom. The number of rotatable bonds is 2. The van der Waals surface area contributed by atoms with E-state index in [1.54, 1.807) is 12.4 Å². The van der Waals surface area contributed by atoms with Crippen LogP contribution < -0.4 is 5.32 Å². The lowest BCUT2D eigenvalue weighted by Gasteiger charge is -2.32. The second-order valence-electron chi connectivity index (χ2n) is 4.89. The zero-order valence-electron chi connectivity index (χ0n) is 9.92. The predicted molar refractivity (Wildman–Crippen MR) is 63.5 cm³/mol. The number of carbonyl (C=O) groups excluding carboxylic acids is 1. The highest BCUT2D eigenvalue weighted by atomic mass is 16.1. The highest BCUT2D eigenvalue weighted by Crippen LogP contribution is 2.31. The van der Waals surface area contributed by atoms with Crippen LogP contribution in [0.1, 0.15) is 35.7 Å². The van der Waals surface area contributed by atoms with Crippen molar-refractivity contribution in [3.05, 3.63) is 29.6 Å². The maximum atomic E-state index is 12.4. The highest BCUT2D eigenvalue weighted by Gasteiger charge is 2.35. The van der Waals surface area contributed by atoms with Crippen molar-refractivity contribution in [3.8, 4) is 0 Å². The monoisotopic (exact) mass is 218 g/mol. The average molecular weight is 218 g/mol. The number of hydrogen-bond donors (Lipinski definition) is 1.